The number of sulfonamides is 1. The molecule has 0 amide bonds. The van der Waals surface area contributed by atoms with Gasteiger partial charge in [0.2, 0.25) is 10.0 Å². The summed E-state index contributed by atoms with van der Waals surface area (Å²) in [6.45, 7) is 4.22. The number of esters is 1. The average Bonchev–Trinajstić information content (AvgIpc) is 2.69. The van der Waals surface area contributed by atoms with Crippen LogP contribution >= 0.6 is 24.0 Å². The molecule has 0 radical (unpaired) electrons. The average molecular weight is 525 g/mol. The first-order valence-electron chi connectivity index (χ1n) is 9.00. The van der Waals surface area contributed by atoms with E-state index in [0.29, 0.717) is 45.0 Å². The molecule has 1 saturated heterocycles. The quantitative estimate of drug-likeness (QED) is 0.178. The van der Waals surface area contributed by atoms with E-state index in [0.717, 1.165) is 0 Å². The van der Waals surface area contributed by atoms with Gasteiger partial charge in [-0.1, -0.05) is 0 Å². The zero-order valence-corrected chi connectivity index (χ0v) is 19.3. The number of hydrogen-bond acceptors (Lipinski definition) is 6. The Morgan fingerprint density at radius 1 is 1.36 bits per heavy atom. The van der Waals surface area contributed by atoms with Crippen molar-refractivity contribution in [2.45, 2.75) is 24.7 Å². The minimum Gasteiger partial charge on any atom is -0.466 e. The normalized spacial score (nSPS) is 15.6. The van der Waals surface area contributed by atoms with E-state index in [1.165, 1.54) is 18.5 Å². The Morgan fingerprint density at radius 2 is 2.07 bits per heavy atom. The van der Waals surface area contributed by atoms with E-state index in [1.54, 1.807) is 20.0 Å². The lowest BCUT2D eigenvalue weighted by molar-refractivity contribution is -0.149. The number of likely N-dealkylation sites (tertiary alicyclic amines) is 1. The molecule has 1 aromatic rings. The maximum Gasteiger partial charge on any atom is 0.309 e. The van der Waals surface area contributed by atoms with Gasteiger partial charge in [-0.25, -0.2) is 13.1 Å². The molecule has 1 aliphatic rings. The van der Waals surface area contributed by atoms with E-state index >= 15 is 0 Å². The number of hydrogen-bond donors (Lipinski definition) is 2. The molecule has 28 heavy (non-hydrogen) atoms. The minimum absolute atomic E-state index is 0. The molecule has 1 aliphatic heterocycles. The number of halogens is 1. The van der Waals surface area contributed by atoms with Gasteiger partial charge in [0.25, 0.3) is 0 Å². The monoisotopic (exact) mass is 525 g/mol. The Bertz CT molecular complexity index is 737. The summed E-state index contributed by atoms with van der Waals surface area (Å²) in [5.74, 6) is 0.494. The van der Waals surface area contributed by atoms with Crippen molar-refractivity contribution in [1.82, 2.24) is 19.9 Å². The number of piperidine rings is 1. The number of rotatable bonds is 7. The summed E-state index contributed by atoms with van der Waals surface area (Å²) in [6.07, 6.45) is 4.26. The summed E-state index contributed by atoms with van der Waals surface area (Å²) in [5.41, 5.74) is 0. The smallest absolute Gasteiger partial charge is 0.309 e. The lowest BCUT2D eigenvalue weighted by atomic mass is 9.97. The molecule has 0 atom stereocenters. The first-order chi connectivity index (χ1) is 13.0. The van der Waals surface area contributed by atoms with Gasteiger partial charge in [0, 0.05) is 45.6 Å². The van der Waals surface area contributed by atoms with E-state index in [9.17, 15) is 13.2 Å². The summed E-state index contributed by atoms with van der Waals surface area (Å²) in [6, 6.07) is 3.07. The summed E-state index contributed by atoms with van der Waals surface area (Å²) >= 11 is 0. The number of nitrogens with zero attached hydrogens (tertiary/aromatic N) is 3. The number of aromatic nitrogens is 1. The Morgan fingerprint density at radius 3 is 2.64 bits per heavy atom. The number of pyridine rings is 1. The second-order valence-electron chi connectivity index (χ2n) is 6.07. The predicted octanol–water partition coefficient (Wildman–Crippen LogP) is 0.828. The first-order valence-corrected chi connectivity index (χ1v) is 10.5. The van der Waals surface area contributed by atoms with Crippen LogP contribution in [0.2, 0.25) is 0 Å². The number of nitrogens with one attached hydrogen (secondary N) is 2. The summed E-state index contributed by atoms with van der Waals surface area (Å²) < 4.78 is 31.9. The lowest BCUT2D eigenvalue weighted by Gasteiger charge is -2.33. The number of aliphatic imine (C=N–C) groups is 1. The standard InChI is InChI=1S/C17H27N5O4S.HI/c1-3-26-16(23)14-6-11-22(12-7-14)17(18-2)20-9-10-21-27(24,25)15-5-4-8-19-13-15;/h4-5,8,13-14,21H,3,6-7,9-12H2,1-2H3,(H,18,20);1H. The fourth-order valence-electron chi connectivity index (χ4n) is 2.87. The number of carbonyl (C=O) groups is 1. The molecular weight excluding hydrogens is 497 g/mol. The summed E-state index contributed by atoms with van der Waals surface area (Å²) in [7, 11) is -1.89. The maximum atomic E-state index is 12.1. The van der Waals surface area contributed by atoms with Gasteiger partial charge in [0.1, 0.15) is 4.90 Å². The third kappa shape index (κ3) is 7.17. The third-order valence-corrected chi connectivity index (χ3v) is 5.72. The summed E-state index contributed by atoms with van der Waals surface area (Å²) in [5, 5.41) is 3.15. The molecule has 158 valence electrons. The molecular formula is C17H28IN5O4S. The molecule has 0 aromatic carbocycles. The molecule has 0 unspecified atom stereocenters. The van der Waals surface area contributed by atoms with E-state index < -0.39 is 10.0 Å². The molecule has 0 saturated carbocycles. The summed E-state index contributed by atoms with van der Waals surface area (Å²) in [4.78, 5) is 22.1. The highest BCUT2D eigenvalue weighted by atomic mass is 127. The molecule has 0 aliphatic carbocycles. The highest BCUT2D eigenvalue weighted by molar-refractivity contribution is 14.0. The molecule has 0 spiro atoms. The van der Waals surface area contributed by atoms with Gasteiger partial charge in [0.15, 0.2) is 5.96 Å². The molecule has 2 heterocycles. The van der Waals surface area contributed by atoms with Crippen molar-refractivity contribution in [2.75, 3.05) is 39.8 Å². The van der Waals surface area contributed by atoms with Gasteiger partial charge >= 0.3 is 5.97 Å². The third-order valence-electron chi connectivity index (χ3n) is 4.27. The van der Waals surface area contributed by atoms with Crippen LogP contribution in [0.5, 0.6) is 0 Å². The Kier molecular flexibility index (Phi) is 10.7. The Labute approximate surface area is 183 Å². The van der Waals surface area contributed by atoms with Crippen LogP contribution in [-0.4, -0.2) is 70.1 Å². The van der Waals surface area contributed by atoms with Gasteiger partial charge in [-0.15, -0.1) is 24.0 Å². The van der Waals surface area contributed by atoms with Crippen molar-refractivity contribution in [3.05, 3.63) is 24.5 Å². The molecule has 9 nitrogen and oxygen atoms in total. The largest absolute Gasteiger partial charge is 0.466 e. The predicted molar refractivity (Wildman–Crippen MR) is 117 cm³/mol. The fourth-order valence-corrected chi connectivity index (χ4v) is 3.86. The molecule has 2 rings (SSSR count). The van der Waals surface area contributed by atoms with Crippen LogP contribution in [0.4, 0.5) is 0 Å². The Hall–Kier alpha value is -1.47. The molecule has 1 aromatic heterocycles. The Balaban J connectivity index is 0.00000392. The van der Waals surface area contributed by atoms with E-state index in [-0.39, 0.29) is 47.3 Å². The maximum absolute atomic E-state index is 12.1. The number of carbonyl (C=O) groups excluding carboxylic acids is 1. The second kappa shape index (κ2) is 12.2. The molecule has 1 fully saturated rings. The highest BCUT2D eigenvalue weighted by Gasteiger charge is 2.27. The van der Waals surface area contributed by atoms with Gasteiger partial charge in [-0.2, -0.15) is 0 Å². The van der Waals surface area contributed by atoms with Gasteiger partial charge in [0.05, 0.1) is 12.5 Å². The van der Waals surface area contributed by atoms with Gasteiger partial charge < -0.3 is 15.0 Å². The minimum atomic E-state index is -3.57. The highest BCUT2D eigenvalue weighted by Crippen LogP contribution is 2.18. The fraction of sp³-hybridized carbons (Fsp3) is 0.588. The van der Waals surface area contributed by atoms with Crippen LogP contribution < -0.4 is 10.0 Å². The van der Waals surface area contributed by atoms with E-state index in [4.69, 9.17) is 4.74 Å². The van der Waals surface area contributed by atoms with Crippen LogP contribution in [0.25, 0.3) is 0 Å². The topological polar surface area (TPSA) is 113 Å². The lowest BCUT2D eigenvalue weighted by Crippen LogP contribution is -2.48. The second-order valence-corrected chi connectivity index (χ2v) is 7.84. The van der Waals surface area contributed by atoms with Crippen LogP contribution in [0.3, 0.4) is 0 Å². The van der Waals surface area contributed by atoms with Crippen molar-refractivity contribution in [1.29, 1.82) is 0 Å². The first kappa shape index (κ1) is 24.6. The van der Waals surface area contributed by atoms with Crippen LogP contribution in [0.15, 0.2) is 34.4 Å². The van der Waals surface area contributed by atoms with Crippen molar-refractivity contribution in [3.63, 3.8) is 0 Å². The SMILES string of the molecule is CCOC(=O)C1CCN(C(=NC)NCCNS(=O)(=O)c2cccnc2)CC1.I. The van der Waals surface area contributed by atoms with Crippen LogP contribution in [-0.2, 0) is 19.6 Å². The molecule has 2 N–H and O–H groups in total. The van der Waals surface area contributed by atoms with Gasteiger partial charge in [-0.05, 0) is 31.9 Å². The van der Waals surface area contributed by atoms with Crippen LogP contribution in [0, 0.1) is 5.92 Å². The van der Waals surface area contributed by atoms with Crippen LogP contribution in [0.1, 0.15) is 19.8 Å². The van der Waals surface area contributed by atoms with Crippen molar-refractivity contribution >= 4 is 45.9 Å². The number of ether oxygens (including phenoxy) is 1. The number of guanidine groups is 1. The zero-order valence-electron chi connectivity index (χ0n) is 16.1. The van der Waals surface area contributed by atoms with E-state index in [1.807, 2.05) is 0 Å². The van der Waals surface area contributed by atoms with Crippen molar-refractivity contribution < 1.29 is 17.9 Å². The van der Waals surface area contributed by atoms with E-state index in [2.05, 4.69) is 24.9 Å². The molecule has 11 heteroatoms. The van der Waals surface area contributed by atoms with Crippen molar-refractivity contribution in [2.24, 2.45) is 10.9 Å². The van der Waals surface area contributed by atoms with Gasteiger partial charge in [-0.3, -0.25) is 14.8 Å². The van der Waals surface area contributed by atoms with Crippen molar-refractivity contribution in [3.8, 4) is 0 Å². The molecule has 0 bridgehead atoms. The zero-order chi connectivity index (χ0) is 19.7.